The third kappa shape index (κ3) is 2.91. The van der Waals surface area contributed by atoms with Crippen molar-refractivity contribution in [3.8, 4) is 0 Å². The van der Waals surface area contributed by atoms with Crippen LogP contribution >= 0.6 is 0 Å². The first kappa shape index (κ1) is 11.9. The van der Waals surface area contributed by atoms with E-state index in [2.05, 4.69) is 0 Å². The van der Waals surface area contributed by atoms with Gasteiger partial charge >= 0.3 is 0 Å². The van der Waals surface area contributed by atoms with Crippen LogP contribution in [0.5, 0.6) is 0 Å². The molecule has 1 heterocycles. The van der Waals surface area contributed by atoms with E-state index in [1.165, 1.54) is 4.31 Å². The third-order valence-electron chi connectivity index (χ3n) is 2.33. The van der Waals surface area contributed by atoms with E-state index < -0.39 is 10.0 Å². The van der Waals surface area contributed by atoms with E-state index >= 15 is 0 Å². The topological polar surface area (TPSA) is 66.8 Å². The minimum Gasteiger partial charge on any atom is -0.396 e. The Balaban J connectivity index is 2.29. The minimum absolute atomic E-state index is 0.0735. The van der Waals surface area contributed by atoms with Crippen LogP contribution in [0.3, 0.4) is 0 Å². The predicted molar refractivity (Wildman–Crippen MR) is 52.4 cm³/mol. The number of sulfonamides is 1. The fourth-order valence-corrected chi connectivity index (χ4v) is 3.00. The monoisotopic (exact) mass is 223 g/mol. The standard InChI is InChI=1S/C8H17NO4S/c1-13-3-2-4-14(11,12)9-5-8(6-9)7-10/h8,10H,2-7H2,1H3. The lowest BCUT2D eigenvalue weighted by molar-refractivity contribution is 0.117. The molecule has 1 aliphatic heterocycles. The number of hydrogen-bond acceptors (Lipinski definition) is 4. The van der Waals surface area contributed by atoms with Crippen molar-refractivity contribution in [3.05, 3.63) is 0 Å². The van der Waals surface area contributed by atoms with Gasteiger partial charge in [0.05, 0.1) is 5.75 Å². The summed E-state index contributed by atoms with van der Waals surface area (Å²) in [6.07, 6.45) is 0.527. The third-order valence-corrected chi connectivity index (χ3v) is 4.22. The largest absolute Gasteiger partial charge is 0.396 e. The average Bonchev–Trinajstić information content (AvgIpc) is 2.02. The molecule has 0 amide bonds. The zero-order chi connectivity index (χ0) is 10.6. The zero-order valence-corrected chi connectivity index (χ0v) is 9.16. The molecule has 1 fully saturated rings. The van der Waals surface area contributed by atoms with Gasteiger partial charge in [-0.25, -0.2) is 12.7 Å². The van der Waals surface area contributed by atoms with E-state index in [9.17, 15) is 8.42 Å². The Morgan fingerprint density at radius 1 is 1.50 bits per heavy atom. The van der Waals surface area contributed by atoms with Crippen LogP contribution in [0.2, 0.25) is 0 Å². The lowest BCUT2D eigenvalue weighted by atomic mass is 10.1. The fraction of sp³-hybridized carbons (Fsp3) is 1.00. The van der Waals surface area contributed by atoms with E-state index in [-0.39, 0.29) is 18.3 Å². The molecule has 0 bridgehead atoms. The lowest BCUT2D eigenvalue weighted by Crippen LogP contribution is -2.51. The van der Waals surface area contributed by atoms with Gasteiger partial charge in [0.1, 0.15) is 0 Å². The number of aliphatic hydroxyl groups is 1. The Labute approximate surface area is 84.7 Å². The molecule has 1 aliphatic rings. The molecule has 0 saturated carbocycles. The number of rotatable bonds is 6. The molecule has 0 atom stereocenters. The van der Waals surface area contributed by atoms with Crippen LogP contribution in [0.15, 0.2) is 0 Å². The first-order valence-corrected chi connectivity index (χ1v) is 6.28. The molecule has 5 nitrogen and oxygen atoms in total. The van der Waals surface area contributed by atoms with Crippen molar-refractivity contribution in [2.45, 2.75) is 6.42 Å². The second-order valence-electron chi connectivity index (χ2n) is 3.53. The van der Waals surface area contributed by atoms with E-state index in [0.29, 0.717) is 26.1 Å². The summed E-state index contributed by atoms with van der Waals surface area (Å²) in [7, 11) is -1.54. The van der Waals surface area contributed by atoms with Gasteiger partial charge in [-0.15, -0.1) is 0 Å². The smallest absolute Gasteiger partial charge is 0.214 e. The molecular formula is C8H17NO4S. The summed E-state index contributed by atoms with van der Waals surface area (Å²) in [6, 6.07) is 0. The molecule has 1 saturated heterocycles. The Morgan fingerprint density at radius 2 is 2.14 bits per heavy atom. The summed E-state index contributed by atoms with van der Waals surface area (Å²) in [4.78, 5) is 0. The highest BCUT2D eigenvalue weighted by molar-refractivity contribution is 7.89. The second-order valence-corrected chi connectivity index (χ2v) is 5.62. The molecule has 0 aliphatic carbocycles. The summed E-state index contributed by atoms with van der Waals surface area (Å²) in [5.41, 5.74) is 0. The number of hydrogen-bond donors (Lipinski definition) is 1. The molecule has 84 valence electrons. The van der Waals surface area contributed by atoms with Gasteiger partial charge in [0.25, 0.3) is 0 Å². The van der Waals surface area contributed by atoms with Crippen LogP contribution in [0.25, 0.3) is 0 Å². The quantitative estimate of drug-likeness (QED) is 0.603. The molecule has 0 aromatic rings. The highest BCUT2D eigenvalue weighted by atomic mass is 32.2. The van der Waals surface area contributed by atoms with Crippen LogP contribution in [0.4, 0.5) is 0 Å². The molecule has 0 radical (unpaired) electrons. The first-order chi connectivity index (χ1) is 6.60. The van der Waals surface area contributed by atoms with Crippen LogP contribution in [-0.2, 0) is 14.8 Å². The van der Waals surface area contributed by atoms with Crippen molar-refractivity contribution in [1.82, 2.24) is 4.31 Å². The van der Waals surface area contributed by atoms with Gasteiger partial charge < -0.3 is 9.84 Å². The van der Waals surface area contributed by atoms with Gasteiger partial charge in [0, 0.05) is 39.3 Å². The van der Waals surface area contributed by atoms with E-state index in [1.807, 2.05) is 0 Å². The maximum atomic E-state index is 11.5. The summed E-state index contributed by atoms with van der Waals surface area (Å²) in [5, 5.41) is 8.74. The minimum atomic E-state index is -3.10. The van der Waals surface area contributed by atoms with Gasteiger partial charge in [-0.1, -0.05) is 0 Å². The van der Waals surface area contributed by atoms with Crippen molar-refractivity contribution in [2.75, 3.05) is 39.2 Å². The Morgan fingerprint density at radius 3 is 2.64 bits per heavy atom. The average molecular weight is 223 g/mol. The maximum absolute atomic E-state index is 11.5. The highest BCUT2D eigenvalue weighted by Gasteiger charge is 2.34. The fourth-order valence-electron chi connectivity index (χ4n) is 1.38. The molecule has 0 aromatic carbocycles. The molecular weight excluding hydrogens is 206 g/mol. The van der Waals surface area contributed by atoms with Gasteiger partial charge in [0.2, 0.25) is 10.0 Å². The van der Waals surface area contributed by atoms with Crippen molar-refractivity contribution in [1.29, 1.82) is 0 Å². The number of methoxy groups -OCH3 is 1. The van der Waals surface area contributed by atoms with Crippen molar-refractivity contribution < 1.29 is 18.3 Å². The van der Waals surface area contributed by atoms with Crippen LogP contribution < -0.4 is 0 Å². The molecule has 0 unspecified atom stereocenters. The van der Waals surface area contributed by atoms with Crippen LogP contribution in [0, 0.1) is 5.92 Å². The SMILES string of the molecule is COCCCS(=O)(=O)N1CC(CO)C1. The molecule has 6 heteroatoms. The van der Waals surface area contributed by atoms with E-state index in [0.717, 1.165) is 0 Å². The van der Waals surface area contributed by atoms with Gasteiger partial charge in [-0.2, -0.15) is 0 Å². The van der Waals surface area contributed by atoms with E-state index in [1.54, 1.807) is 7.11 Å². The summed E-state index contributed by atoms with van der Waals surface area (Å²) in [6.45, 7) is 1.47. The highest BCUT2D eigenvalue weighted by Crippen LogP contribution is 2.19. The second kappa shape index (κ2) is 5.06. The number of ether oxygens (including phenoxy) is 1. The molecule has 1 rings (SSSR count). The Kier molecular flexibility index (Phi) is 4.31. The Bertz CT molecular complexity index is 259. The number of nitrogens with zero attached hydrogens (tertiary/aromatic N) is 1. The van der Waals surface area contributed by atoms with Crippen molar-refractivity contribution >= 4 is 10.0 Å². The number of aliphatic hydroxyl groups excluding tert-OH is 1. The summed E-state index contributed by atoms with van der Waals surface area (Å²) >= 11 is 0. The summed E-state index contributed by atoms with van der Waals surface area (Å²) < 4.78 is 29.3. The van der Waals surface area contributed by atoms with Crippen molar-refractivity contribution in [3.63, 3.8) is 0 Å². The normalized spacial score (nSPS) is 19.6. The maximum Gasteiger partial charge on any atom is 0.214 e. The van der Waals surface area contributed by atoms with Gasteiger partial charge in [0.15, 0.2) is 0 Å². The first-order valence-electron chi connectivity index (χ1n) is 4.67. The van der Waals surface area contributed by atoms with Crippen LogP contribution in [-0.4, -0.2) is 57.0 Å². The zero-order valence-electron chi connectivity index (χ0n) is 8.35. The molecule has 0 aromatic heterocycles. The molecule has 1 N–H and O–H groups in total. The summed E-state index contributed by atoms with van der Waals surface area (Å²) in [5.74, 6) is 0.270. The molecule has 0 spiro atoms. The predicted octanol–water partition coefficient (Wildman–Crippen LogP) is -0.723. The van der Waals surface area contributed by atoms with Crippen LogP contribution in [0.1, 0.15) is 6.42 Å². The molecule has 14 heavy (non-hydrogen) atoms. The van der Waals surface area contributed by atoms with Gasteiger partial charge in [-0.05, 0) is 6.42 Å². The lowest BCUT2D eigenvalue weighted by Gasteiger charge is -2.36. The van der Waals surface area contributed by atoms with Crippen molar-refractivity contribution in [2.24, 2.45) is 5.92 Å². The Hall–Kier alpha value is -0.170. The van der Waals surface area contributed by atoms with E-state index in [4.69, 9.17) is 9.84 Å². The van der Waals surface area contributed by atoms with Gasteiger partial charge in [-0.3, -0.25) is 0 Å².